The van der Waals surface area contributed by atoms with Crippen LogP contribution < -0.4 is 10.2 Å². The number of nitrogens with zero attached hydrogens (tertiary/aromatic N) is 1. The van der Waals surface area contributed by atoms with Crippen molar-refractivity contribution in [1.82, 2.24) is 0 Å². The van der Waals surface area contributed by atoms with Crippen LogP contribution in [0.2, 0.25) is 0 Å². The van der Waals surface area contributed by atoms with Crippen LogP contribution in [-0.2, 0) is 9.59 Å². The number of aryl methyl sites for hydroxylation is 2. The molecule has 2 amide bonds. The summed E-state index contributed by atoms with van der Waals surface area (Å²) < 4.78 is 27.1. The highest BCUT2D eigenvalue weighted by atomic mass is 19.2. The van der Waals surface area contributed by atoms with Gasteiger partial charge < -0.3 is 5.32 Å². The van der Waals surface area contributed by atoms with Gasteiger partial charge in [0.25, 0.3) is 11.8 Å². The lowest BCUT2D eigenvalue weighted by atomic mass is 10.0. The van der Waals surface area contributed by atoms with Crippen molar-refractivity contribution in [2.75, 3.05) is 10.2 Å². The van der Waals surface area contributed by atoms with Gasteiger partial charge in [-0.05, 0) is 55.7 Å². The van der Waals surface area contributed by atoms with E-state index < -0.39 is 23.4 Å². The first-order chi connectivity index (χ1) is 14.8. The third-order valence-electron chi connectivity index (χ3n) is 5.43. The van der Waals surface area contributed by atoms with E-state index in [1.54, 1.807) is 24.3 Å². The Hall–Kier alpha value is -3.80. The molecule has 0 bridgehead atoms. The average Bonchev–Trinajstić information content (AvgIpc) is 2.97. The van der Waals surface area contributed by atoms with Crippen LogP contribution in [0.25, 0.3) is 5.57 Å². The first-order valence-electron chi connectivity index (χ1n) is 9.76. The summed E-state index contributed by atoms with van der Waals surface area (Å²) >= 11 is 0. The summed E-state index contributed by atoms with van der Waals surface area (Å²) in [5.74, 6) is -3.08. The maximum atomic E-state index is 13.7. The van der Waals surface area contributed by atoms with Crippen molar-refractivity contribution in [3.05, 3.63) is 100 Å². The van der Waals surface area contributed by atoms with Gasteiger partial charge in [0.15, 0.2) is 11.6 Å². The summed E-state index contributed by atoms with van der Waals surface area (Å²) in [7, 11) is 0. The number of carbonyl (C=O) groups excluding carboxylic acids is 2. The highest BCUT2D eigenvalue weighted by Gasteiger charge is 2.41. The fraction of sp³-hybridized carbons (Fsp3) is 0.120. The van der Waals surface area contributed by atoms with Gasteiger partial charge in [0.2, 0.25) is 0 Å². The molecule has 0 spiro atoms. The average molecular weight is 418 g/mol. The highest BCUT2D eigenvalue weighted by Crippen LogP contribution is 2.36. The summed E-state index contributed by atoms with van der Waals surface area (Å²) in [5.41, 5.74) is 4.16. The van der Waals surface area contributed by atoms with Crippen LogP contribution in [0.5, 0.6) is 0 Å². The monoisotopic (exact) mass is 418 g/mol. The second-order valence-electron chi connectivity index (χ2n) is 7.53. The van der Waals surface area contributed by atoms with E-state index in [4.69, 9.17) is 0 Å². The van der Waals surface area contributed by atoms with Crippen LogP contribution in [0.1, 0.15) is 22.3 Å². The molecule has 0 atom stereocenters. The Morgan fingerprint density at radius 1 is 0.806 bits per heavy atom. The molecule has 0 unspecified atom stereocenters. The molecule has 3 aromatic rings. The van der Waals surface area contributed by atoms with Gasteiger partial charge in [-0.15, -0.1) is 0 Å². The van der Waals surface area contributed by atoms with Crippen LogP contribution in [0, 0.1) is 32.4 Å². The van der Waals surface area contributed by atoms with Crippen LogP contribution in [-0.4, -0.2) is 11.8 Å². The summed E-state index contributed by atoms with van der Waals surface area (Å²) in [6.07, 6.45) is 0. The van der Waals surface area contributed by atoms with Crippen molar-refractivity contribution in [3.63, 3.8) is 0 Å². The van der Waals surface area contributed by atoms with E-state index >= 15 is 0 Å². The predicted octanol–water partition coefficient (Wildman–Crippen LogP) is 5.29. The third-order valence-corrected chi connectivity index (χ3v) is 5.43. The zero-order valence-corrected chi connectivity index (χ0v) is 17.3. The molecule has 4 rings (SSSR count). The van der Waals surface area contributed by atoms with Crippen molar-refractivity contribution >= 4 is 28.8 Å². The van der Waals surface area contributed by atoms with E-state index in [9.17, 15) is 18.4 Å². The Bertz CT molecular complexity index is 1250. The molecule has 0 saturated carbocycles. The molecule has 0 radical (unpaired) electrons. The van der Waals surface area contributed by atoms with Crippen LogP contribution in [0.3, 0.4) is 0 Å². The second kappa shape index (κ2) is 7.80. The first kappa shape index (κ1) is 20.5. The molecule has 6 heteroatoms. The smallest absolute Gasteiger partial charge is 0.282 e. The maximum absolute atomic E-state index is 13.7. The summed E-state index contributed by atoms with van der Waals surface area (Å²) in [5, 5.41) is 2.85. The number of carbonyl (C=O) groups is 2. The molecular weight excluding hydrogens is 398 g/mol. The van der Waals surface area contributed by atoms with Crippen LogP contribution in [0.15, 0.2) is 66.4 Å². The molecular formula is C25H20F2N2O2. The molecule has 0 aromatic heterocycles. The molecule has 31 heavy (non-hydrogen) atoms. The minimum Gasteiger partial charge on any atom is -0.350 e. The van der Waals surface area contributed by atoms with Gasteiger partial charge >= 0.3 is 0 Å². The quantitative estimate of drug-likeness (QED) is 0.586. The van der Waals surface area contributed by atoms with Gasteiger partial charge in [-0.2, -0.15) is 0 Å². The summed E-state index contributed by atoms with van der Waals surface area (Å²) in [6.45, 7) is 5.67. The third kappa shape index (κ3) is 3.61. The van der Waals surface area contributed by atoms with Gasteiger partial charge in [-0.3, -0.25) is 9.59 Å². The number of hydrogen-bond donors (Lipinski definition) is 1. The Morgan fingerprint density at radius 3 is 2.19 bits per heavy atom. The number of imide groups is 1. The number of hydrogen-bond acceptors (Lipinski definition) is 3. The Balaban J connectivity index is 1.85. The standard InChI is InChI=1S/C25H20F2N2O2/c1-14-7-9-17(10-8-14)22-23(28-18-11-12-19(26)20(27)13-18)25(31)29(24(22)30)21-6-4-5-15(2)16(21)3/h4-13,28H,1-3H3. The molecule has 1 heterocycles. The number of benzene rings is 3. The van der Waals surface area contributed by atoms with E-state index in [1.807, 2.05) is 39.0 Å². The molecule has 1 aliphatic heterocycles. The topological polar surface area (TPSA) is 49.4 Å². The van der Waals surface area contributed by atoms with Crippen LogP contribution in [0.4, 0.5) is 20.2 Å². The number of amides is 2. The molecule has 1 aliphatic rings. The normalized spacial score (nSPS) is 13.9. The van der Waals surface area contributed by atoms with E-state index in [0.717, 1.165) is 33.7 Å². The molecule has 156 valence electrons. The second-order valence-corrected chi connectivity index (χ2v) is 7.53. The van der Waals surface area contributed by atoms with Gasteiger partial charge in [-0.1, -0.05) is 42.0 Å². The molecule has 3 aromatic carbocycles. The zero-order chi connectivity index (χ0) is 22.3. The van der Waals surface area contributed by atoms with Gasteiger partial charge in [0.05, 0.1) is 11.3 Å². The van der Waals surface area contributed by atoms with Crippen molar-refractivity contribution in [3.8, 4) is 0 Å². The maximum Gasteiger partial charge on any atom is 0.282 e. The van der Waals surface area contributed by atoms with Crippen molar-refractivity contribution in [2.45, 2.75) is 20.8 Å². The minimum atomic E-state index is -1.05. The van der Waals surface area contributed by atoms with Crippen molar-refractivity contribution in [2.24, 2.45) is 0 Å². The number of anilines is 2. The predicted molar refractivity (Wildman–Crippen MR) is 116 cm³/mol. The Kier molecular flexibility index (Phi) is 5.15. The minimum absolute atomic E-state index is 0.0146. The number of nitrogens with one attached hydrogen (secondary N) is 1. The largest absolute Gasteiger partial charge is 0.350 e. The Labute approximate surface area is 178 Å². The van der Waals surface area contributed by atoms with E-state index in [1.165, 1.54) is 6.07 Å². The van der Waals surface area contributed by atoms with Gasteiger partial charge in [-0.25, -0.2) is 13.7 Å². The van der Waals surface area contributed by atoms with Crippen molar-refractivity contribution in [1.29, 1.82) is 0 Å². The fourth-order valence-electron chi connectivity index (χ4n) is 3.55. The van der Waals surface area contributed by atoms with Gasteiger partial charge in [0.1, 0.15) is 5.70 Å². The first-order valence-corrected chi connectivity index (χ1v) is 9.76. The van der Waals surface area contributed by atoms with Crippen molar-refractivity contribution < 1.29 is 18.4 Å². The van der Waals surface area contributed by atoms with E-state index in [-0.39, 0.29) is 17.0 Å². The summed E-state index contributed by atoms with van der Waals surface area (Å²) in [6, 6.07) is 15.8. The molecule has 0 fully saturated rings. The fourth-order valence-corrected chi connectivity index (χ4v) is 3.55. The SMILES string of the molecule is Cc1ccc(C2=C(Nc3ccc(F)c(F)c3)C(=O)N(c3cccc(C)c3C)C2=O)cc1. The lowest BCUT2D eigenvalue weighted by molar-refractivity contribution is -0.120. The summed E-state index contributed by atoms with van der Waals surface area (Å²) in [4.78, 5) is 28.0. The van der Waals surface area contributed by atoms with Gasteiger partial charge in [0, 0.05) is 11.8 Å². The lowest BCUT2D eigenvalue weighted by Gasteiger charge is -2.19. The zero-order valence-electron chi connectivity index (χ0n) is 17.3. The van der Waals surface area contributed by atoms with E-state index in [0.29, 0.717) is 11.3 Å². The van der Waals surface area contributed by atoms with Crippen LogP contribution >= 0.6 is 0 Å². The lowest BCUT2D eigenvalue weighted by Crippen LogP contribution is -2.33. The number of rotatable bonds is 4. The molecule has 4 nitrogen and oxygen atoms in total. The van der Waals surface area contributed by atoms with E-state index in [2.05, 4.69) is 5.32 Å². The number of halogens is 2. The molecule has 0 saturated heterocycles. The molecule has 0 aliphatic carbocycles. The Morgan fingerprint density at radius 2 is 1.52 bits per heavy atom. The highest BCUT2D eigenvalue weighted by molar-refractivity contribution is 6.46. The molecule has 1 N–H and O–H groups in total.